The van der Waals surface area contributed by atoms with Gasteiger partial charge < -0.3 is 5.32 Å². The summed E-state index contributed by atoms with van der Waals surface area (Å²) >= 11 is 5.78. The Kier molecular flexibility index (Phi) is 4.30. The highest BCUT2D eigenvalue weighted by Crippen LogP contribution is 2.20. The van der Waals surface area contributed by atoms with Crippen molar-refractivity contribution in [3.05, 3.63) is 71.4 Å². The Morgan fingerprint density at radius 1 is 1.13 bits per heavy atom. The number of hydrogen-bond acceptors (Lipinski definition) is 4. The van der Waals surface area contributed by atoms with Crippen LogP contribution in [-0.2, 0) is 0 Å². The Bertz CT molecular complexity index is 835. The number of nitrogens with zero attached hydrogens (tertiary/aromatic N) is 3. The van der Waals surface area contributed by atoms with E-state index in [1.165, 1.54) is 6.20 Å². The molecule has 3 aromatic rings. The molecule has 0 aliphatic rings. The molecule has 0 spiro atoms. The SMILES string of the molecule is Cc1cc(-c2cccnc2)cc(C(=O)Nc2ccc(Cl)cn2)n1. The molecule has 0 bridgehead atoms. The molecule has 6 heteroatoms. The third-order valence-corrected chi connectivity index (χ3v) is 3.37. The predicted octanol–water partition coefficient (Wildman–Crippen LogP) is 3.75. The third-order valence-electron chi connectivity index (χ3n) is 3.15. The minimum atomic E-state index is -0.325. The Morgan fingerprint density at radius 3 is 2.70 bits per heavy atom. The lowest BCUT2D eigenvalue weighted by atomic mass is 10.1. The van der Waals surface area contributed by atoms with Crippen LogP contribution in [0.5, 0.6) is 0 Å². The highest BCUT2D eigenvalue weighted by Gasteiger charge is 2.11. The van der Waals surface area contributed by atoms with Gasteiger partial charge in [-0.1, -0.05) is 17.7 Å². The Balaban J connectivity index is 1.89. The van der Waals surface area contributed by atoms with Crippen LogP contribution in [0.2, 0.25) is 5.02 Å². The van der Waals surface area contributed by atoms with Gasteiger partial charge in [0.25, 0.3) is 5.91 Å². The van der Waals surface area contributed by atoms with Gasteiger partial charge in [-0.25, -0.2) is 9.97 Å². The van der Waals surface area contributed by atoms with Gasteiger partial charge in [0.05, 0.1) is 5.02 Å². The van der Waals surface area contributed by atoms with Crippen LogP contribution in [0, 0.1) is 6.92 Å². The first kappa shape index (κ1) is 15.1. The minimum absolute atomic E-state index is 0.320. The van der Waals surface area contributed by atoms with E-state index < -0.39 is 0 Å². The van der Waals surface area contributed by atoms with Gasteiger partial charge in [0.1, 0.15) is 11.5 Å². The van der Waals surface area contributed by atoms with Gasteiger partial charge in [0.15, 0.2) is 0 Å². The molecule has 3 aromatic heterocycles. The fourth-order valence-corrected chi connectivity index (χ4v) is 2.23. The van der Waals surface area contributed by atoms with Crippen LogP contribution in [0.4, 0.5) is 5.82 Å². The van der Waals surface area contributed by atoms with Crippen molar-refractivity contribution in [3.63, 3.8) is 0 Å². The Morgan fingerprint density at radius 2 is 2.00 bits per heavy atom. The molecular weight excluding hydrogens is 312 g/mol. The molecule has 0 aromatic carbocycles. The molecule has 1 amide bonds. The number of carbonyl (C=O) groups is 1. The van der Waals surface area contributed by atoms with Crippen LogP contribution < -0.4 is 5.32 Å². The second-order valence-corrected chi connectivity index (χ2v) is 5.38. The molecular formula is C17H13ClN4O. The molecule has 23 heavy (non-hydrogen) atoms. The molecule has 0 aliphatic carbocycles. The quantitative estimate of drug-likeness (QED) is 0.796. The van der Waals surface area contributed by atoms with E-state index in [9.17, 15) is 4.79 Å². The summed E-state index contributed by atoms with van der Waals surface area (Å²) in [7, 11) is 0. The summed E-state index contributed by atoms with van der Waals surface area (Å²) in [6.45, 7) is 1.84. The van der Waals surface area contributed by atoms with Crippen molar-refractivity contribution in [1.29, 1.82) is 0 Å². The van der Waals surface area contributed by atoms with E-state index in [4.69, 9.17) is 11.6 Å². The first-order valence-electron chi connectivity index (χ1n) is 6.94. The molecule has 114 valence electrons. The van der Waals surface area contributed by atoms with Crippen LogP contribution in [0.25, 0.3) is 11.1 Å². The van der Waals surface area contributed by atoms with Gasteiger partial charge in [-0.2, -0.15) is 0 Å². The van der Waals surface area contributed by atoms with Crippen molar-refractivity contribution in [2.45, 2.75) is 6.92 Å². The number of halogens is 1. The number of nitrogens with one attached hydrogen (secondary N) is 1. The predicted molar refractivity (Wildman–Crippen MR) is 89.4 cm³/mol. The molecule has 0 fully saturated rings. The second kappa shape index (κ2) is 6.54. The van der Waals surface area contributed by atoms with Crippen molar-refractivity contribution in [2.24, 2.45) is 0 Å². The minimum Gasteiger partial charge on any atom is -0.305 e. The van der Waals surface area contributed by atoms with Crippen LogP contribution >= 0.6 is 11.6 Å². The van der Waals surface area contributed by atoms with E-state index in [2.05, 4.69) is 20.3 Å². The van der Waals surface area contributed by atoms with Gasteiger partial charge in [-0.3, -0.25) is 9.78 Å². The third kappa shape index (κ3) is 3.70. The van der Waals surface area contributed by atoms with Crippen molar-refractivity contribution >= 4 is 23.3 Å². The highest BCUT2D eigenvalue weighted by molar-refractivity contribution is 6.30. The molecule has 5 nitrogen and oxygen atoms in total. The van der Waals surface area contributed by atoms with Crippen LogP contribution in [-0.4, -0.2) is 20.9 Å². The first-order chi connectivity index (χ1) is 11.1. The highest BCUT2D eigenvalue weighted by atomic mass is 35.5. The number of hydrogen-bond donors (Lipinski definition) is 1. The molecule has 1 N–H and O–H groups in total. The topological polar surface area (TPSA) is 67.8 Å². The summed E-state index contributed by atoms with van der Waals surface area (Å²) in [6.07, 6.45) is 4.93. The second-order valence-electron chi connectivity index (χ2n) is 4.94. The van der Waals surface area contributed by atoms with Crippen LogP contribution in [0.15, 0.2) is 55.0 Å². The number of rotatable bonds is 3. The lowest BCUT2D eigenvalue weighted by molar-refractivity contribution is 0.102. The summed E-state index contributed by atoms with van der Waals surface area (Å²) in [5, 5.41) is 3.21. The van der Waals surface area contributed by atoms with Gasteiger partial charge >= 0.3 is 0 Å². The fraction of sp³-hybridized carbons (Fsp3) is 0.0588. The maximum Gasteiger partial charge on any atom is 0.275 e. The van der Waals surface area contributed by atoms with E-state index >= 15 is 0 Å². The zero-order valence-corrected chi connectivity index (χ0v) is 13.1. The van der Waals surface area contributed by atoms with Gasteiger partial charge in [-0.05, 0) is 42.8 Å². The summed E-state index contributed by atoms with van der Waals surface area (Å²) in [4.78, 5) is 24.8. The summed E-state index contributed by atoms with van der Waals surface area (Å²) in [6, 6.07) is 10.7. The Labute approximate surface area is 138 Å². The maximum atomic E-state index is 12.4. The van der Waals surface area contributed by atoms with Crippen molar-refractivity contribution < 1.29 is 4.79 Å². The van der Waals surface area contributed by atoms with Gasteiger partial charge in [-0.15, -0.1) is 0 Å². The molecule has 0 saturated carbocycles. The average molecular weight is 325 g/mol. The summed E-state index contributed by atoms with van der Waals surface area (Å²) in [5.74, 6) is 0.0966. The number of amides is 1. The van der Waals surface area contributed by atoms with Crippen molar-refractivity contribution in [1.82, 2.24) is 15.0 Å². The normalized spacial score (nSPS) is 10.3. The number of pyridine rings is 3. The molecule has 0 aliphatic heterocycles. The van der Waals surface area contributed by atoms with E-state index in [1.54, 1.807) is 30.6 Å². The number of anilines is 1. The standard InChI is InChI=1S/C17H13ClN4O/c1-11-7-13(12-3-2-6-19-9-12)8-15(21-11)17(23)22-16-5-4-14(18)10-20-16/h2-10H,1H3,(H,20,22,23). The van der Waals surface area contributed by atoms with E-state index in [0.717, 1.165) is 16.8 Å². The summed E-state index contributed by atoms with van der Waals surface area (Å²) in [5.41, 5.74) is 2.89. The van der Waals surface area contributed by atoms with Crippen LogP contribution in [0.1, 0.15) is 16.2 Å². The van der Waals surface area contributed by atoms with Crippen molar-refractivity contribution in [3.8, 4) is 11.1 Å². The number of aryl methyl sites for hydroxylation is 1. The number of aromatic nitrogens is 3. The lowest BCUT2D eigenvalue weighted by Gasteiger charge is -2.08. The smallest absolute Gasteiger partial charge is 0.275 e. The van der Waals surface area contributed by atoms with E-state index in [1.807, 2.05) is 25.1 Å². The molecule has 0 atom stereocenters. The zero-order valence-electron chi connectivity index (χ0n) is 12.3. The summed E-state index contributed by atoms with van der Waals surface area (Å²) < 4.78 is 0. The monoisotopic (exact) mass is 324 g/mol. The lowest BCUT2D eigenvalue weighted by Crippen LogP contribution is -2.15. The molecule has 0 saturated heterocycles. The molecule has 3 heterocycles. The maximum absolute atomic E-state index is 12.4. The van der Waals surface area contributed by atoms with Crippen LogP contribution in [0.3, 0.4) is 0 Å². The van der Waals surface area contributed by atoms with E-state index in [-0.39, 0.29) is 5.91 Å². The molecule has 0 radical (unpaired) electrons. The van der Waals surface area contributed by atoms with Crippen molar-refractivity contribution in [2.75, 3.05) is 5.32 Å². The first-order valence-corrected chi connectivity index (χ1v) is 7.31. The Hall–Kier alpha value is -2.79. The van der Waals surface area contributed by atoms with E-state index in [0.29, 0.717) is 16.5 Å². The largest absolute Gasteiger partial charge is 0.305 e. The average Bonchev–Trinajstić information content (AvgIpc) is 2.57. The molecule has 3 rings (SSSR count). The molecule has 0 unspecified atom stereocenters. The number of carbonyl (C=O) groups excluding carboxylic acids is 1. The van der Waals surface area contributed by atoms with Gasteiger partial charge in [0, 0.05) is 29.8 Å². The zero-order chi connectivity index (χ0) is 16.2. The fourth-order valence-electron chi connectivity index (χ4n) is 2.12. The van der Waals surface area contributed by atoms with Gasteiger partial charge in [0.2, 0.25) is 0 Å².